The first-order chi connectivity index (χ1) is 17.4. The number of aliphatic hydroxyl groups excluding tert-OH is 1. The lowest BCUT2D eigenvalue weighted by atomic mass is 9.43. The maximum Gasteiger partial charge on any atom is 0.220 e. The number of nitrogens with two attached hydrogens (primary N) is 1. The first-order valence-electron chi connectivity index (χ1n) is 14.9. The minimum atomic E-state index is -0.134. The third-order valence-corrected chi connectivity index (χ3v) is 13.2. The molecule has 208 valence electrons. The van der Waals surface area contributed by atoms with Crippen LogP contribution in [0, 0.1) is 52.3 Å². The third-order valence-electron chi connectivity index (χ3n) is 11.9. The smallest absolute Gasteiger partial charge is 0.220 e. The molecule has 1 aromatic rings. The molecule has 4 aliphatic rings. The minimum absolute atomic E-state index is 0.0162. The Bertz CT molecular complexity index is 982. The predicted molar refractivity (Wildman–Crippen MR) is 153 cm³/mol. The van der Waals surface area contributed by atoms with E-state index >= 15 is 0 Å². The van der Waals surface area contributed by atoms with Crippen LogP contribution < -0.4 is 11.1 Å². The van der Waals surface area contributed by atoms with Crippen LogP contribution in [-0.2, 0) is 4.79 Å². The molecule has 2 unspecified atom stereocenters. The van der Waals surface area contributed by atoms with Crippen LogP contribution in [0.2, 0.25) is 4.34 Å². The van der Waals surface area contributed by atoms with Crippen molar-refractivity contribution in [1.29, 1.82) is 0 Å². The summed E-state index contributed by atoms with van der Waals surface area (Å²) in [5.41, 5.74) is 7.61. The number of fused-ring (bicyclic) bond motifs is 5. The van der Waals surface area contributed by atoms with Crippen LogP contribution in [0.15, 0.2) is 12.1 Å². The molecule has 0 spiro atoms. The summed E-state index contributed by atoms with van der Waals surface area (Å²) in [5.74, 6) is 3.94. The fourth-order valence-corrected chi connectivity index (χ4v) is 11.3. The Hall–Kier alpha value is -0.620. The van der Waals surface area contributed by atoms with Gasteiger partial charge in [0.25, 0.3) is 0 Å². The van der Waals surface area contributed by atoms with E-state index in [2.05, 4.69) is 39.9 Å². The molecular formula is C31H49ClN2O2S. The quantitative estimate of drug-likeness (QED) is 0.352. The second kappa shape index (κ2) is 10.4. The fraction of sp³-hybridized carbons (Fsp3) is 0.839. The number of hydrogen-bond donors (Lipinski definition) is 3. The number of thiophene rings is 1. The molecule has 0 bridgehead atoms. The van der Waals surface area contributed by atoms with E-state index in [4.69, 9.17) is 17.3 Å². The Labute approximate surface area is 233 Å². The van der Waals surface area contributed by atoms with Gasteiger partial charge in [-0.05, 0) is 116 Å². The lowest BCUT2D eigenvalue weighted by Crippen LogP contribution is -2.60. The Balaban J connectivity index is 1.27. The van der Waals surface area contributed by atoms with E-state index < -0.39 is 0 Å². The second-order valence-corrected chi connectivity index (χ2v) is 15.9. The van der Waals surface area contributed by atoms with Crippen molar-refractivity contribution in [2.75, 3.05) is 0 Å². The highest BCUT2D eigenvalue weighted by atomic mass is 35.5. The zero-order chi connectivity index (χ0) is 26.7. The number of rotatable bonds is 6. The summed E-state index contributed by atoms with van der Waals surface area (Å²) >= 11 is 7.76. The van der Waals surface area contributed by atoms with Crippen LogP contribution in [0.4, 0.5) is 0 Å². The van der Waals surface area contributed by atoms with Gasteiger partial charge in [-0.25, -0.2) is 0 Å². The summed E-state index contributed by atoms with van der Waals surface area (Å²) in [4.78, 5) is 14.4. The Morgan fingerprint density at radius 2 is 1.81 bits per heavy atom. The third kappa shape index (κ3) is 4.93. The van der Waals surface area contributed by atoms with Gasteiger partial charge in [0, 0.05) is 17.3 Å². The molecular weight excluding hydrogens is 500 g/mol. The van der Waals surface area contributed by atoms with E-state index in [-0.39, 0.29) is 29.5 Å². The van der Waals surface area contributed by atoms with Crippen molar-refractivity contribution < 1.29 is 9.90 Å². The van der Waals surface area contributed by atoms with E-state index in [0.29, 0.717) is 53.3 Å². The molecule has 37 heavy (non-hydrogen) atoms. The number of hydrogen-bond acceptors (Lipinski definition) is 4. The first-order valence-corrected chi connectivity index (χ1v) is 16.1. The Morgan fingerprint density at radius 3 is 2.49 bits per heavy atom. The van der Waals surface area contributed by atoms with Crippen molar-refractivity contribution in [2.45, 2.75) is 111 Å². The van der Waals surface area contributed by atoms with Gasteiger partial charge in [0.15, 0.2) is 0 Å². The first kappa shape index (κ1) is 27.9. The van der Waals surface area contributed by atoms with E-state index in [0.717, 1.165) is 34.9 Å². The molecule has 0 aromatic carbocycles. The zero-order valence-electron chi connectivity index (χ0n) is 23.5. The van der Waals surface area contributed by atoms with Crippen LogP contribution in [0.25, 0.3) is 0 Å². The van der Waals surface area contributed by atoms with Crippen molar-refractivity contribution in [2.24, 2.45) is 58.0 Å². The lowest BCUT2D eigenvalue weighted by molar-refractivity contribution is -0.138. The molecule has 5 rings (SSSR count). The number of nitrogens with one attached hydrogen (secondary N) is 1. The van der Waals surface area contributed by atoms with E-state index in [9.17, 15) is 9.90 Å². The summed E-state index contributed by atoms with van der Waals surface area (Å²) in [7, 11) is 0. The van der Waals surface area contributed by atoms with Crippen LogP contribution >= 0.6 is 22.9 Å². The van der Waals surface area contributed by atoms with Crippen LogP contribution in [0.3, 0.4) is 0 Å². The molecule has 4 fully saturated rings. The van der Waals surface area contributed by atoms with E-state index in [1.165, 1.54) is 25.7 Å². The summed E-state index contributed by atoms with van der Waals surface area (Å²) in [6.07, 6.45) is 9.59. The highest BCUT2D eigenvalue weighted by Crippen LogP contribution is 2.68. The van der Waals surface area contributed by atoms with Gasteiger partial charge in [-0.1, -0.05) is 46.2 Å². The summed E-state index contributed by atoms with van der Waals surface area (Å²) in [5, 5.41) is 13.7. The second-order valence-electron chi connectivity index (χ2n) is 14.2. The minimum Gasteiger partial charge on any atom is -0.393 e. The zero-order valence-corrected chi connectivity index (χ0v) is 25.1. The van der Waals surface area contributed by atoms with Crippen molar-refractivity contribution >= 4 is 28.8 Å². The van der Waals surface area contributed by atoms with Crippen LogP contribution in [0.5, 0.6) is 0 Å². The topological polar surface area (TPSA) is 75.4 Å². The van der Waals surface area contributed by atoms with Crippen molar-refractivity contribution in [1.82, 2.24) is 5.32 Å². The summed E-state index contributed by atoms with van der Waals surface area (Å²) in [6.45, 7) is 11.7. The monoisotopic (exact) mass is 548 g/mol. The number of carbonyl (C=O) groups is 1. The summed E-state index contributed by atoms with van der Waals surface area (Å²) in [6, 6.07) is 4.24. The molecule has 0 radical (unpaired) electrons. The Kier molecular flexibility index (Phi) is 7.86. The van der Waals surface area contributed by atoms with Crippen molar-refractivity contribution in [3.05, 3.63) is 21.3 Å². The molecule has 0 saturated heterocycles. The van der Waals surface area contributed by atoms with Crippen LogP contribution in [0.1, 0.15) is 103 Å². The van der Waals surface area contributed by atoms with Gasteiger partial charge >= 0.3 is 0 Å². The van der Waals surface area contributed by atoms with Gasteiger partial charge in [0.2, 0.25) is 5.91 Å². The molecule has 4 saturated carbocycles. The maximum absolute atomic E-state index is 13.3. The largest absolute Gasteiger partial charge is 0.393 e. The SMILES string of the molecule is CC(C)C(NC(=O)C[C@@H](C)C1CC[C@H]2[C@@H]3[C@H](N)C[C@@H]4C[C@H](O)CC[C@]4(C)[C@H]3CC[C@]12C)c1ccc(Cl)s1. The van der Waals surface area contributed by atoms with Crippen molar-refractivity contribution in [3.63, 3.8) is 0 Å². The molecule has 1 heterocycles. The predicted octanol–water partition coefficient (Wildman–Crippen LogP) is 7.20. The van der Waals surface area contributed by atoms with Gasteiger partial charge in [-0.15, -0.1) is 11.3 Å². The molecule has 4 nitrogen and oxygen atoms in total. The van der Waals surface area contributed by atoms with Gasteiger partial charge in [-0.2, -0.15) is 0 Å². The van der Waals surface area contributed by atoms with Gasteiger partial charge < -0.3 is 16.2 Å². The fourth-order valence-electron chi connectivity index (χ4n) is 10.0. The van der Waals surface area contributed by atoms with E-state index in [1.807, 2.05) is 12.1 Å². The average Bonchev–Trinajstić information content (AvgIpc) is 3.41. The van der Waals surface area contributed by atoms with Gasteiger partial charge in [0.1, 0.15) is 0 Å². The standard InChI is InChI=1S/C31H49ClN2O2S/c1-17(2)29(25-8-9-26(32)37-25)34-27(36)14-18(3)21-6-7-22-28-23(11-13-31(21,22)5)30(4)12-10-20(35)15-19(30)16-24(28)33/h8-9,17-24,28-29,35H,6-7,10-16,33H2,1-5H3,(H,34,36)/t18-,19+,20-,21?,22+,23+,24-,28+,29?,30+,31-/m1/s1. The molecule has 6 heteroatoms. The highest BCUT2D eigenvalue weighted by Gasteiger charge is 2.62. The van der Waals surface area contributed by atoms with E-state index in [1.54, 1.807) is 11.3 Å². The molecule has 4 aliphatic carbocycles. The lowest BCUT2D eigenvalue weighted by Gasteiger charge is -2.63. The molecule has 11 atom stereocenters. The number of carbonyl (C=O) groups excluding carboxylic acids is 1. The normalized spacial score (nSPS) is 43.0. The average molecular weight is 549 g/mol. The Morgan fingerprint density at radius 1 is 1.11 bits per heavy atom. The molecule has 0 aliphatic heterocycles. The number of amides is 1. The molecule has 1 amide bonds. The molecule has 1 aromatic heterocycles. The number of halogens is 1. The highest BCUT2D eigenvalue weighted by molar-refractivity contribution is 7.16. The van der Waals surface area contributed by atoms with Gasteiger partial charge in [-0.3, -0.25) is 4.79 Å². The van der Waals surface area contributed by atoms with Crippen molar-refractivity contribution in [3.8, 4) is 0 Å². The van der Waals surface area contributed by atoms with Gasteiger partial charge in [0.05, 0.1) is 16.5 Å². The summed E-state index contributed by atoms with van der Waals surface area (Å²) < 4.78 is 0.772. The number of aliphatic hydroxyl groups is 1. The molecule has 4 N–H and O–H groups in total. The van der Waals surface area contributed by atoms with Crippen LogP contribution in [-0.4, -0.2) is 23.2 Å². The maximum atomic E-state index is 13.3.